The maximum Gasteiger partial charge on any atom is 0.408 e. The molecule has 10 heteroatoms. The van der Waals surface area contributed by atoms with Crippen molar-refractivity contribution in [3.8, 4) is 0 Å². The summed E-state index contributed by atoms with van der Waals surface area (Å²) in [6.45, 7) is 1.95. The number of halogens is 4. The average Bonchev–Trinajstić information content (AvgIpc) is 2.71. The molecule has 3 aliphatic rings. The predicted molar refractivity (Wildman–Crippen MR) is 112 cm³/mol. The van der Waals surface area contributed by atoms with Crippen molar-refractivity contribution in [2.75, 3.05) is 0 Å². The van der Waals surface area contributed by atoms with Crippen molar-refractivity contribution in [3.63, 3.8) is 0 Å². The van der Waals surface area contributed by atoms with E-state index in [4.69, 9.17) is 11.6 Å². The summed E-state index contributed by atoms with van der Waals surface area (Å²) in [5.74, 6) is -3.71. The van der Waals surface area contributed by atoms with Crippen LogP contribution in [0.25, 0.3) is 0 Å². The monoisotopic (exact) mass is 476 g/mol. The number of carboxylic acid groups (broad SMARTS) is 1. The Bertz CT molecular complexity index is 807. The first-order chi connectivity index (χ1) is 15.0. The number of carboxylic acids is 1. The molecule has 1 aliphatic heterocycles. The average molecular weight is 477 g/mol. The minimum atomic E-state index is -4.68. The molecule has 2 N–H and O–H groups in total. The molecule has 5 atom stereocenters. The molecule has 0 bridgehead atoms. The maximum atomic E-state index is 13.6. The van der Waals surface area contributed by atoms with Crippen LogP contribution in [0.4, 0.5) is 18.0 Å². The molecule has 1 heterocycles. The lowest BCUT2D eigenvalue weighted by atomic mass is 9.78. The van der Waals surface area contributed by atoms with Crippen LogP contribution in [0.1, 0.15) is 51.9 Å². The third-order valence-electron chi connectivity index (χ3n) is 6.85. The summed E-state index contributed by atoms with van der Waals surface area (Å²) in [6, 6.07) is -4.85. The second-order valence-corrected chi connectivity index (χ2v) is 9.41. The van der Waals surface area contributed by atoms with Crippen LogP contribution in [0.2, 0.25) is 0 Å². The molecule has 32 heavy (non-hydrogen) atoms. The van der Waals surface area contributed by atoms with E-state index in [1.54, 1.807) is 6.08 Å². The molecule has 0 aromatic carbocycles. The van der Waals surface area contributed by atoms with Crippen LogP contribution in [0.5, 0.6) is 0 Å². The van der Waals surface area contributed by atoms with Crippen LogP contribution < -0.4 is 5.32 Å². The van der Waals surface area contributed by atoms with Crippen LogP contribution >= 0.6 is 11.6 Å². The van der Waals surface area contributed by atoms with Gasteiger partial charge in [0, 0.05) is 5.03 Å². The van der Waals surface area contributed by atoms with Gasteiger partial charge in [-0.25, -0.2) is 14.5 Å². The summed E-state index contributed by atoms with van der Waals surface area (Å²) in [6.07, 6.45) is 4.34. The molecular weight excluding hydrogens is 449 g/mol. The fraction of sp³-hybridized carbons (Fsp3) is 0.682. The maximum absolute atomic E-state index is 13.6. The van der Waals surface area contributed by atoms with Gasteiger partial charge in [-0.15, -0.1) is 0 Å². The van der Waals surface area contributed by atoms with Crippen LogP contribution in [0.15, 0.2) is 23.3 Å². The highest BCUT2D eigenvalue weighted by atomic mass is 35.5. The van der Waals surface area contributed by atoms with Crippen molar-refractivity contribution in [3.05, 3.63) is 23.3 Å². The fourth-order valence-electron chi connectivity index (χ4n) is 5.03. The summed E-state index contributed by atoms with van der Waals surface area (Å²) in [7, 11) is 0. The molecule has 0 radical (unpaired) electrons. The highest BCUT2D eigenvalue weighted by molar-refractivity contribution is 6.31. The zero-order valence-electron chi connectivity index (χ0n) is 17.8. The lowest BCUT2D eigenvalue weighted by Gasteiger charge is -2.44. The van der Waals surface area contributed by atoms with Crippen molar-refractivity contribution >= 4 is 29.5 Å². The van der Waals surface area contributed by atoms with Crippen LogP contribution in [0, 0.1) is 23.7 Å². The normalized spacial score (nSPS) is 29.8. The van der Waals surface area contributed by atoms with E-state index in [1.165, 1.54) is 0 Å². The first kappa shape index (κ1) is 24.6. The molecule has 0 aromatic heterocycles. The largest absolute Gasteiger partial charge is 0.480 e. The standard InChI is InChI=1S/C22H28ClF3N2O4/c1-12-11-15(23)9-7-13(12)8-10-16-17(20(30)31)28(19(16)29)21(32)27-18(22(24,25)26)14-5-3-2-4-6-14/h7,9,11-14,16-18H,2-6,8,10H2,1H3,(H,27,32)(H,30,31). The van der Waals surface area contributed by atoms with Crippen molar-refractivity contribution in [1.82, 2.24) is 10.2 Å². The highest BCUT2D eigenvalue weighted by Gasteiger charge is 2.56. The van der Waals surface area contributed by atoms with Crippen LogP contribution in [-0.4, -0.2) is 46.2 Å². The van der Waals surface area contributed by atoms with E-state index in [9.17, 15) is 32.7 Å². The van der Waals surface area contributed by atoms with Gasteiger partial charge in [-0.05, 0) is 49.5 Å². The summed E-state index contributed by atoms with van der Waals surface area (Å²) in [4.78, 5) is 37.4. The lowest BCUT2D eigenvalue weighted by molar-refractivity contribution is -0.173. The van der Waals surface area contributed by atoms with E-state index in [0.717, 1.165) is 6.42 Å². The van der Waals surface area contributed by atoms with Gasteiger partial charge in [0.2, 0.25) is 5.91 Å². The predicted octanol–water partition coefficient (Wildman–Crippen LogP) is 4.84. The van der Waals surface area contributed by atoms with Crippen molar-refractivity contribution in [2.24, 2.45) is 23.7 Å². The Balaban J connectivity index is 1.65. The second-order valence-electron chi connectivity index (χ2n) is 8.98. The topological polar surface area (TPSA) is 86.7 Å². The Kier molecular flexibility index (Phi) is 7.57. The minimum absolute atomic E-state index is 0.0588. The summed E-state index contributed by atoms with van der Waals surface area (Å²) in [5, 5.41) is 12.1. The molecule has 3 amide bonds. The number of aliphatic carboxylic acids is 1. The molecule has 1 saturated carbocycles. The van der Waals surface area contributed by atoms with Gasteiger partial charge in [-0.2, -0.15) is 13.2 Å². The SMILES string of the molecule is CC1C=C(Cl)C=CC1CCC1C(=O)N(C(=O)NC(C2CCCCC2)C(F)(F)F)C1C(=O)O. The van der Waals surface area contributed by atoms with Gasteiger partial charge in [-0.3, -0.25) is 4.79 Å². The van der Waals surface area contributed by atoms with Gasteiger partial charge >= 0.3 is 18.2 Å². The van der Waals surface area contributed by atoms with Gasteiger partial charge in [0.1, 0.15) is 6.04 Å². The second kappa shape index (κ2) is 9.85. The molecule has 3 rings (SSSR count). The van der Waals surface area contributed by atoms with Gasteiger partial charge in [0.15, 0.2) is 6.04 Å². The number of nitrogens with zero attached hydrogens (tertiary/aromatic N) is 1. The third-order valence-corrected chi connectivity index (χ3v) is 7.10. The number of imide groups is 1. The number of urea groups is 1. The zero-order chi connectivity index (χ0) is 23.6. The Morgan fingerprint density at radius 1 is 1.25 bits per heavy atom. The molecule has 6 nitrogen and oxygen atoms in total. The molecule has 0 spiro atoms. The minimum Gasteiger partial charge on any atom is -0.480 e. The number of carbonyl (C=O) groups is 3. The molecular formula is C22H28ClF3N2O4. The van der Waals surface area contributed by atoms with E-state index in [-0.39, 0.29) is 18.3 Å². The van der Waals surface area contributed by atoms with Crippen molar-refractivity contribution in [2.45, 2.75) is 70.1 Å². The quantitative estimate of drug-likeness (QED) is 0.537. The van der Waals surface area contributed by atoms with E-state index in [0.29, 0.717) is 42.0 Å². The Hall–Kier alpha value is -2.03. The summed E-state index contributed by atoms with van der Waals surface area (Å²) < 4.78 is 40.8. The summed E-state index contributed by atoms with van der Waals surface area (Å²) >= 11 is 5.96. The number of amides is 3. The highest BCUT2D eigenvalue weighted by Crippen LogP contribution is 2.38. The Morgan fingerprint density at radius 3 is 2.47 bits per heavy atom. The fourth-order valence-corrected chi connectivity index (χ4v) is 5.30. The van der Waals surface area contributed by atoms with Crippen molar-refractivity contribution < 1.29 is 32.7 Å². The Morgan fingerprint density at radius 2 is 1.91 bits per heavy atom. The number of alkyl halides is 3. The molecule has 2 fully saturated rings. The van der Waals surface area contributed by atoms with E-state index in [2.05, 4.69) is 0 Å². The molecule has 0 aromatic rings. The van der Waals surface area contributed by atoms with Gasteiger partial charge in [0.05, 0.1) is 5.92 Å². The number of likely N-dealkylation sites (tertiary alicyclic amines) is 1. The number of allylic oxidation sites excluding steroid dienone is 4. The smallest absolute Gasteiger partial charge is 0.408 e. The third kappa shape index (κ3) is 5.30. The van der Waals surface area contributed by atoms with Crippen molar-refractivity contribution in [1.29, 1.82) is 0 Å². The zero-order valence-corrected chi connectivity index (χ0v) is 18.5. The van der Waals surface area contributed by atoms with E-state index >= 15 is 0 Å². The van der Waals surface area contributed by atoms with Gasteiger partial charge < -0.3 is 10.4 Å². The number of carbonyl (C=O) groups excluding carboxylic acids is 2. The molecule has 1 saturated heterocycles. The molecule has 2 aliphatic carbocycles. The summed E-state index contributed by atoms with van der Waals surface area (Å²) in [5.41, 5.74) is 0. The van der Waals surface area contributed by atoms with Gasteiger partial charge in [0.25, 0.3) is 0 Å². The number of hydrogen-bond acceptors (Lipinski definition) is 3. The Labute approximate surface area is 189 Å². The van der Waals surface area contributed by atoms with E-state index < -0.39 is 48.0 Å². The lowest BCUT2D eigenvalue weighted by Crippen LogP contribution is -2.69. The van der Waals surface area contributed by atoms with Crippen LogP contribution in [-0.2, 0) is 9.59 Å². The first-order valence-electron chi connectivity index (χ1n) is 11.0. The molecule has 178 valence electrons. The number of β-lactam (4-membered cyclic amide) rings is 1. The first-order valence-corrected chi connectivity index (χ1v) is 11.4. The van der Waals surface area contributed by atoms with Gasteiger partial charge in [-0.1, -0.05) is 49.9 Å². The van der Waals surface area contributed by atoms with Crippen LogP contribution in [0.3, 0.4) is 0 Å². The number of hydrogen-bond donors (Lipinski definition) is 2. The number of nitrogens with one attached hydrogen (secondary N) is 1. The number of rotatable bonds is 6. The molecule has 5 unspecified atom stereocenters. The van der Waals surface area contributed by atoms with E-state index in [1.807, 2.05) is 24.4 Å².